The fourth-order valence-electron chi connectivity index (χ4n) is 0.939. The van der Waals surface area contributed by atoms with Crippen LogP contribution in [0.2, 0.25) is 5.02 Å². The molecule has 0 aliphatic heterocycles. The Morgan fingerprint density at radius 2 is 2.14 bits per heavy atom. The molecule has 1 heterocycles. The number of aromatic nitrogens is 1. The number of oxazole rings is 1. The molecule has 14 heavy (non-hydrogen) atoms. The maximum Gasteiger partial charge on any atom is 0.401 e. The molecule has 0 spiro atoms. The van der Waals surface area contributed by atoms with Crippen LogP contribution < -0.4 is 10.5 Å². The molecule has 0 bridgehead atoms. The van der Waals surface area contributed by atoms with Crippen molar-refractivity contribution in [3.63, 3.8) is 0 Å². The number of hydrogen-bond acceptors (Lipinski definition) is 4. The van der Waals surface area contributed by atoms with Crippen LogP contribution in [0.5, 0.6) is 11.8 Å². The predicted molar refractivity (Wildman–Crippen MR) is 52.4 cm³/mol. The Balaban J connectivity index is 2.23. The molecular formula is C9H7ClN2O2. The zero-order chi connectivity index (χ0) is 9.97. The molecule has 0 saturated carbocycles. The van der Waals surface area contributed by atoms with Gasteiger partial charge in [0.15, 0.2) is 5.75 Å². The Hall–Kier alpha value is -1.68. The molecule has 0 amide bonds. The zero-order valence-corrected chi connectivity index (χ0v) is 7.86. The summed E-state index contributed by atoms with van der Waals surface area (Å²) in [4.78, 5) is 3.78. The Morgan fingerprint density at radius 3 is 2.79 bits per heavy atom. The second-order valence-electron chi connectivity index (χ2n) is 2.56. The number of nitrogens with two attached hydrogens (primary N) is 1. The summed E-state index contributed by atoms with van der Waals surface area (Å²) in [5.41, 5.74) is 5.33. The maximum atomic E-state index is 5.86. The fourth-order valence-corrected chi connectivity index (χ4v) is 1.11. The van der Waals surface area contributed by atoms with E-state index in [1.807, 2.05) is 0 Å². The van der Waals surface area contributed by atoms with Gasteiger partial charge in [0.2, 0.25) is 5.88 Å². The Bertz CT molecular complexity index is 442. The molecule has 0 unspecified atom stereocenters. The molecule has 0 fully saturated rings. The van der Waals surface area contributed by atoms with Crippen LogP contribution in [0.3, 0.4) is 0 Å². The monoisotopic (exact) mass is 210 g/mol. The third kappa shape index (κ3) is 1.80. The van der Waals surface area contributed by atoms with Crippen LogP contribution in [0.4, 0.5) is 5.88 Å². The van der Waals surface area contributed by atoms with E-state index >= 15 is 0 Å². The molecule has 2 N–H and O–H groups in total. The molecule has 0 saturated heterocycles. The van der Waals surface area contributed by atoms with Gasteiger partial charge in [-0.25, -0.2) is 0 Å². The third-order valence-corrected chi connectivity index (χ3v) is 1.85. The molecule has 5 heteroatoms. The molecule has 2 aromatic rings. The van der Waals surface area contributed by atoms with Crippen LogP contribution in [-0.2, 0) is 0 Å². The number of para-hydroxylation sites is 1. The van der Waals surface area contributed by atoms with Gasteiger partial charge in [-0.1, -0.05) is 23.7 Å². The van der Waals surface area contributed by atoms with Crippen LogP contribution in [0.1, 0.15) is 0 Å². The first-order valence-corrected chi connectivity index (χ1v) is 4.27. The van der Waals surface area contributed by atoms with Crippen LogP contribution in [-0.4, -0.2) is 4.98 Å². The number of nitrogens with zero attached hydrogens (tertiary/aromatic N) is 1. The van der Waals surface area contributed by atoms with Crippen molar-refractivity contribution in [3.05, 3.63) is 35.5 Å². The quantitative estimate of drug-likeness (QED) is 0.828. The van der Waals surface area contributed by atoms with Crippen molar-refractivity contribution < 1.29 is 9.15 Å². The molecule has 0 aliphatic rings. The largest absolute Gasteiger partial charge is 0.409 e. The normalized spacial score (nSPS) is 10.1. The molecule has 0 radical (unpaired) electrons. The molecular weight excluding hydrogens is 204 g/mol. The van der Waals surface area contributed by atoms with Gasteiger partial charge in [-0.3, -0.25) is 0 Å². The van der Waals surface area contributed by atoms with Crippen LogP contribution in [0.25, 0.3) is 0 Å². The highest BCUT2D eigenvalue weighted by atomic mass is 35.5. The van der Waals surface area contributed by atoms with Crippen LogP contribution >= 0.6 is 11.6 Å². The second kappa shape index (κ2) is 3.59. The lowest BCUT2D eigenvalue weighted by molar-refractivity contribution is 0.337. The lowest BCUT2D eigenvalue weighted by atomic mass is 10.3. The first-order chi connectivity index (χ1) is 6.75. The van der Waals surface area contributed by atoms with Crippen LogP contribution in [0, 0.1) is 0 Å². The average Bonchev–Trinajstić information content (AvgIpc) is 2.56. The summed E-state index contributed by atoms with van der Waals surface area (Å²) < 4.78 is 10.2. The van der Waals surface area contributed by atoms with Gasteiger partial charge < -0.3 is 14.9 Å². The molecule has 72 valence electrons. The van der Waals surface area contributed by atoms with Gasteiger partial charge in [0, 0.05) is 0 Å². The third-order valence-electron chi connectivity index (χ3n) is 1.54. The first-order valence-electron chi connectivity index (χ1n) is 3.89. The minimum absolute atomic E-state index is 0.0793. The van der Waals surface area contributed by atoms with E-state index in [0.29, 0.717) is 10.8 Å². The average molecular weight is 211 g/mol. The van der Waals surface area contributed by atoms with Crippen molar-refractivity contribution in [2.75, 3.05) is 5.73 Å². The SMILES string of the molecule is Nc1cnc(Oc2ccccc2Cl)o1. The lowest BCUT2D eigenvalue weighted by Gasteiger charge is -2.01. The second-order valence-corrected chi connectivity index (χ2v) is 2.97. The minimum Gasteiger partial charge on any atom is -0.409 e. The van der Waals surface area contributed by atoms with E-state index in [-0.39, 0.29) is 12.0 Å². The van der Waals surface area contributed by atoms with E-state index in [1.54, 1.807) is 24.3 Å². The molecule has 1 aromatic heterocycles. The Labute approximate surface area is 85.3 Å². The fraction of sp³-hybridized carbons (Fsp3) is 0. The topological polar surface area (TPSA) is 61.3 Å². The van der Waals surface area contributed by atoms with Crippen molar-refractivity contribution in [1.29, 1.82) is 0 Å². The van der Waals surface area contributed by atoms with Gasteiger partial charge in [0.25, 0.3) is 0 Å². The smallest absolute Gasteiger partial charge is 0.401 e. The first kappa shape index (κ1) is 8.90. The van der Waals surface area contributed by atoms with Crippen LogP contribution in [0.15, 0.2) is 34.9 Å². The number of rotatable bonds is 2. The van der Waals surface area contributed by atoms with Gasteiger partial charge in [-0.2, -0.15) is 4.98 Å². The number of hydrogen-bond donors (Lipinski definition) is 1. The van der Waals surface area contributed by atoms with Crippen molar-refractivity contribution in [2.45, 2.75) is 0 Å². The number of halogens is 1. The van der Waals surface area contributed by atoms with Crippen molar-refractivity contribution in [1.82, 2.24) is 4.98 Å². The number of nitrogen functional groups attached to an aromatic ring is 1. The van der Waals surface area contributed by atoms with E-state index in [2.05, 4.69) is 4.98 Å². The van der Waals surface area contributed by atoms with Crippen molar-refractivity contribution in [3.8, 4) is 11.8 Å². The number of ether oxygens (including phenoxy) is 1. The summed E-state index contributed by atoms with van der Waals surface area (Å²) in [5.74, 6) is 0.683. The number of anilines is 1. The van der Waals surface area contributed by atoms with Gasteiger partial charge in [0.05, 0.1) is 11.2 Å². The van der Waals surface area contributed by atoms with E-state index in [9.17, 15) is 0 Å². The molecule has 2 rings (SSSR count). The van der Waals surface area contributed by atoms with Gasteiger partial charge in [0.1, 0.15) is 0 Å². The molecule has 0 atom stereocenters. The summed E-state index contributed by atoms with van der Waals surface area (Å²) in [6, 6.07) is 7.03. The van der Waals surface area contributed by atoms with Gasteiger partial charge in [-0.15, -0.1) is 0 Å². The highest BCUT2D eigenvalue weighted by molar-refractivity contribution is 6.32. The molecule has 1 aromatic carbocycles. The summed E-state index contributed by atoms with van der Waals surface area (Å²) in [5, 5.41) is 0.490. The van der Waals surface area contributed by atoms with E-state index in [4.69, 9.17) is 26.5 Å². The standard InChI is InChI=1S/C9H7ClN2O2/c10-6-3-1-2-4-7(6)13-9-12-5-8(11)14-9/h1-5H,11H2. The maximum absolute atomic E-state index is 5.86. The summed E-state index contributed by atoms with van der Waals surface area (Å²) in [6.07, 6.45) is 1.45. The zero-order valence-electron chi connectivity index (χ0n) is 7.11. The van der Waals surface area contributed by atoms with E-state index in [0.717, 1.165) is 0 Å². The summed E-state index contributed by atoms with van der Waals surface area (Å²) in [6.45, 7) is 0. The minimum atomic E-state index is 0.0793. The van der Waals surface area contributed by atoms with Crippen molar-refractivity contribution >= 4 is 17.5 Å². The highest BCUT2D eigenvalue weighted by Gasteiger charge is 2.06. The number of benzene rings is 1. The summed E-state index contributed by atoms with van der Waals surface area (Å²) >= 11 is 5.86. The summed E-state index contributed by atoms with van der Waals surface area (Å²) in [7, 11) is 0. The van der Waals surface area contributed by atoms with E-state index in [1.165, 1.54) is 6.20 Å². The molecule has 4 nitrogen and oxygen atoms in total. The Kier molecular flexibility index (Phi) is 2.28. The molecule has 0 aliphatic carbocycles. The Morgan fingerprint density at radius 1 is 1.36 bits per heavy atom. The van der Waals surface area contributed by atoms with Crippen molar-refractivity contribution in [2.24, 2.45) is 0 Å². The predicted octanol–water partition coefficient (Wildman–Crippen LogP) is 2.70. The van der Waals surface area contributed by atoms with Gasteiger partial charge >= 0.3 is 6.08 Å². The van der Waals surface area contributed by atoms with E-state index < -0.39 is 0 Å². The highest BCUT2D eigenvalue weighted by Crippen LogP contribution is 2.28. The lowest BCUT2D eigenvalue weighted by Crippen LogP contribution is -1.84. The van der Waals surface area contributed by atoms with Gasteiger partial charge in [-0.05, 0) is 12.1 Å².